The molecule has 0 aromatic carbocycles. The van der Waals surface area contributed by atoms with Crippen molar-refractivity contribution < 1.29 is 9.35 Å². The Morgan fingerprint density at radius 1 is 1.73 bits per heavy atom. The van der Waals surface area contributed by atoms with Crippen LogP contribution in [0.5, 0.6) is 0 Å². The van der Waals surface area contributed by atoms with Crippen LogP contribution in [0.1, 0.15) is 5.56 Å². The Balaban J connectivity index is 2.16. The van der Waals surface area contributed by atoms with E-state index in [0.717, 1.165) is 12.0 Å². The summed E-state index contributed by atoms with van der Waals surface area (Å²) in [7, 11) is 0. The molecule has 3 N–H and O–H groups in total. The minimum atomic E-state index is -1.64. The number of nitrogens with zero attached hydrogens (tertiary/aromatic N) is 2. The second-order valence-corrected chi connectivity index (χ2v) is 4.20. The van der Waals surface area contributed by atoms with Crippen molar-refractivity contribution in [3.63, 3.8) is 0 Å². The summed E-state index contributed by atoms with van der Waals surface area (Å²) in [6.45, 7) is 0.569. The number of hydrogen-bond donors (Lipinski definition) is 2. The van der Waals surface area contributed by atoms with Gasteiger partial charge in [-0.1, -0.05) is 6.07 Å². The van der Waals surface area contributed by atoms with Gasteiger partial charge in [0.15, 0.2) is 5.82 Å². The van der Waals surface area contributed by atoms with E-state index in [1.54, 1.807) is 6.20 Å². The maximum Gasteiger partial charge on any atom is 0.355 e. The summed E-state index contributed by atoms with van der Waals surface area (Å²) in [5.41, 5.74) is 5.92. The Labute approximate surface area is 89.9 Å². The normalized spacial score (nSPS) is 15.9. The van der Waals surface area contributed by atoms with Crippen LogP contribution in [-0.2, 0) is 18.0 Å². The molecule has 1 aliphatic heterocycles. The van der Waals surface area contributed by atoms with Crippen molar-refractivity contribution in [3.8, 4) is 0 Å². The molecule has 1 atom stereocenters. The molecule has 1 aliphatic rings. The third-order valence-electron chi connectivity index (χ3n) is 2.08. The predicted molar refractivity (Wildman–Crippen MR) is 56.1 cm³/mol. The Bertz CT molecular complexity index is 387. The summed E-state index contributed by atoms with van der Waals surface area (Å²) in [5, 5.41) is 0. The summed E-state index contributed by atoms with van der Waals surface area (Å²) in [5.74, 6) is 0.643. The molecule has 7 heteroatoms. The molecule has 0 spiro atoms. The van der Waals surface area contributed by atoms with Crippen LogP contribution in [0.25, 0.3) is 0 Å². The number of amides is 2. The summed E-state index contributed by atoms with van der Waals surface area (Å²) >= 11 is -1.64. The van der Waals surface area contributed by atoms with Crippen LogP contribution in [0.3, 0.4) is 0 Å². The number of rotatable bonds is 2. The van der Waals surface area contributed by atoms with E-state index < -0.39 is 17.6 Å². The number of primary amides is 1. The van der Waals surface area contributed by atoms with E-state index >= 15 is 0 Å². The minimum absolute atomic E-state index is 0.569. The lowest BCUT2D eigenvalue weighted by Gasteiger charge is -2.18. The molecule has 0 radical (unpaired) electrons. The van der Waals surface area contributed by atoms with Gasteiger partial charge in [-0.3, -0.25) is 0 Å². The van der Waals surface area contributed by atoms with Crippen molar-refractivity contribution >= 4 is 23.4 Å². The van der Waals surface area contributed by atoms with Gasteiger partial charge in [-0.25, -0.2) is 9.78 Å². The van der Waals surface area contributed by atoms with Gasteiger partial charge >= 0.3 is 6.03 Å². The number of urea groups is 1. The number of carbonyl (C=O) groups is 1. The SMILES string of the molecule is NC(=O)N[S+]([O-])N1CCc2cccnc21. The first-order chi connectivity index (χ1) is 7.18. The molecule has 1 aromatic rings. The minimum Gasteiger partial charge on any atom is -0.568 e. The van der Waals surface area contributed by atoms with Crippen molar-refractivity contribution in [2.24, 2.45) is 5.73 Å². The highest BCUT2D eigenvalue weighted by Gasteiger charge is 2.30. The number of pyridine rings is 1. The standard InChI is InChI=1S/C8H10N4O2S/c9-8(13)11-15(14)12-5-3-6-2-1-4-10-7(6)12/h1-2,4H,3,5H2,(H3,9,11,13). The molecule has 2 heterocycles. The molecule has 0 saturated heterocycles. The fourth-order valence-corrected chi connectivity index (χ4v) is 2.34. The fraction of sp³-hybridized carbons (Fsp3) is 0.250. The number of aromatic nitrogens is 1. The first-order valence-corrected chi connectivity index (χ1v) is 5.48. The zero-order chi connectivity index (χ0) is 10.8. The maximum atomic E-state index is 11.6. The van der Waals surface area contributed by atoms with Crippen LogP contribution in [0, 0.1) is 0 Å². The Morgan fingerprint density at radius 2 is 2.53 bits per heavy atom. The largest absolute Gasteiger partial charge is 0.568 e. The molecule has 0 saturated carbocycles. The summed E-state index contributed by atoms with van der Waals surface area (Å²) in [6.07, 6.45) is 2.40. The number of hydrogen-bond acceptors (Lipinski definition) is 4. The lowest BCUT2D eigenvalue weighted by molar-refractivity contribution is 0.253. The fourth-order valence-electron chi connectivity index (χ4n) is 1.48. The first-order valence-electron chi connectivity index (χ1n) is 4.38. The average molecular weight is 226 g/mol. The number of fused-ring (bicyclic) bond motifs is 1. The van der Waals surface area contributed by atoms with E-state index in [0.29, 0.717) is 12.4 Å². The Kier molecular flexibility index (Phi) is 2.65. The number of nitrogens with two attached hydrogens (primary N) is 1. The quantitative estimate of drug-likeness (QED) is 0.676. The third-order valence-corrected chi connectivity index (χ3v) is 3.21. The molecule has 15 heavy (non-hydrogen) atoms. The van der Waals surface area contributed by atoms with Crippen LogP contribution in [0.2, 0.25) is 0 Å². The van der Waals surface area contributed by atoms with E-state index in [-0.39, 0.29) is 0 Å². The van der Waals surface area contributed by atoms with Crippen LogP contribution in [-0.4, -0.2) is 22.1 Å². The highest BCUT2D eigenvalue weighted by molar-refractivity contribution is 7.91. The van der Waals surface area contributed by atoms with Gasteiger partial charge in [0.25, 0.3) is 0 Å². The highest BCUT2D eigenvalue weighted by atomic mass is 32.2. The van der Waals surface area contributed by atoms with Gasteiger partial charge in [0, 0.05) is 11.8 Å². The molecule has 0 bridgehead atoms. The Hall–Kier alpha value is -1.47. The van der Waals surface area contributed by atoms with Gasteiger partial charge in [-0.15, -0.1) is 4.72 Å². The molecular formula is C8H10N4O2S. The average Bonchev–Trinajstić information content (AvgIpc) is 2.59. The van der Waals surface area contributed by atoms with Crippen molar-refractivity contribution in [1.29, 1.82) is 0 Å². The molecule has 0 aliphatic carbocycles. The van der Waals surface area contributed by atoms with Gasteiger partial charge in [-0.2, -0.15) is 4.31 Å². The molecule has 2 amide bonds. The Morgan fingerprint density at radius 3 is 3.27 bits per heavy atom. The van der Waals surface area contributed by atoms with Crippen molar-refractivity contribution in [1.82, 2.24) is 9.71 Å². The second-order valence-electron chi connectivity index (χ2n) is 3.05. The van der Waals surface area contributed by atoms with Crippen molar-refractivity contribution in [3.05, 3.63) is 23.9 Å². The summed E-state index contributed by atoms with van der Waals surface area (Å²) in [4.78, 5) is 14.7. The van der Waals surface area contributed by atoms with Gasteiger partial charge in [0.05, 0.1) is 6.54 Å². The molecular weight excluding hydrogens is 216 g/mol. The molecule has 80 valence electrons. The van der Waals surface area contributed by atoms with Crippen LogP contribution < -0.4 is 14.8 Å². The molecule has 6 nitrogen and oxygen atoms in total. The molecule has 1 aromatic heterocycles. The lowest BCUT2D eigenvalue weighted by atomic mass is 10.2. The third kappa shape index (κ3) is 1.97. The molecule has 2 rings (SSSR count). The first kappa shape index (κ1) is 10.1. The predicted octanol–water partition coefficient (Wildman–Crippen LogP) is -0.309. The van der Waals surface area contributed by atoms with Crippen LogP contribution >= 0.6 is 0 Å². The van der Waals surface area contributed by atoms with Crippen LogP contribution in [0.15, 0.2) is 18.3 Å². The number of carbonyl (C=O) groups excluding carboxylic acids is 1. The summed E-state index contributed by atoms with van der Waals surface area (Å²) in [6, 6.07) is 2.94. The smallest absolute Gasteiger partial charge is 0.355 e. The lowest BCUT2D eigenvalue weighted by Crippen LogP contribution is -2.45. The van der Waals surface area contributed by atoms with Crippen LogP contribution in [0.4, 0.5) is 10.6 Å². The zero-order valence-corrected chi connectivity index (χ0v) is 8.66. The molecule has 0 fully saturated rings. The van der Waals surface area contributed by atoms with E-state index in [1.807, 2.05) is 12.1 Å². The van der Waals surface area contributed by atoms with Gasteiger partial charge in [0.2, 0.25) is 11.5 Å². The van der Waals surface area contributed by atoms with E-state index in [1.165, 1.54) is 4.31 Å². The zero-order valence-electron chi connectivity index (χ0n) is 7.84. The van der Waals surface area contributed by atoms with Gasteiger partial charge in [-0.05, 0) is 12.5 Å². The van der Waals surface area contributed by atoms with E-state index in [2.05, 4.69) is 9.71 Å². The van der Waals surface area contributed by atoms with E-state index in [9.17, 15) is 9.35 Å². The molecule has 1 unspecified atom stereocenters. The number of nitrogens with one attached hydrogen (secondary N) is 1. The second kappa shape index (κ2) is 3.95. The van der Waals surface area contributed by atoms with Gasteiger partial charge < -0.3 is 10.3 Å². The highest BCUT2D eigenvalue weighted by Crippen LogP contribution is 2.26. The maximum absolute atomic E-state index is 11.6. The summed E-state index contributed by atoms with van der Waals surface area (Å²) < 4.78 is 15.2. The monoisotopic (exact) mass is 226 g/mol. The number of anilines is 1. The van der Waals surface area contributed by atoms with Gasteiger partial charge in [0.1, 0.15) is 0 Å². The topological polar surface area (TPSA) is 94.3 Å². The van der Waals surface area contributed by atoms with E-state index in [4.69, 9.17) is 5.73 Å². The van der Waals surface area contributed by atoms with Crippen molar-refractivity contribution in [2.45, 2.75) is 6.42 Å². The van der Waals surface area contributed by atoms with Crippen molar-refractivity contribution in [2.75, 3.05) is 10.8 Å².